The summed E-state index contributed by atoms with van der Waals surface area (Å²) < 4.78 is 28.2. The van der Waals surface area contributed by atoms with Crippen LogP contribution in [0.1, 0.15) is 0 Å². The minimum atomic E-state index is -3.85. The van der Waals surface area contributed by atoms with Gasteiger partial charge in [-0.3, -0.25) is 8.71 Å². The van der Waals surface area contributed by atoms with Crippen LogP contribution in [-0.4, -0.2) is 29.6 Å². The first-order valence-corrected chi connectivity index (χ1v) is 7.81. The van der Waals surface area contributed by atoms with Gasteiger partial charge in [-0.15, -0.1) is 10.2 Å². The molecule has 0 saturated carbocycles. The molecule has 8 heteroatoms. The molecule has 2 aromatic heterocycles. The maximum absolute atomic E-state index is 12.8. The zero-order valence-corrected chi connectivity index (χ0v) is 12.2. The summed E-state index contributed by atoms with van der Waals surface area (Å²) >= 11 is 0. The number of para-hydroxylation sites is 1. The number of nitriles is 1. The quantitative estimate of drug-likeness (QED) is 0.680. The molecule has 3 aromatic rings. The zero-order chi connectivity index (χ0) is 15.6. The van der Waals surface area contributed by atoms with Crippen LogP contribution < -0.4 is 4.31 Å². The number of benzene rings is 1. The van der Waals surface area contributed by atoms with Crippen LogP contribution in [0.25, 0.3) is 5.65 Å². The highest BCUT2D eigenvalue weighted by Crippen LogP contribution is 2.23. The van der Waals surface area contributed by atoms with Crippen molar-refractivity contribution in [1.29, 1.82) is 5.26 Å². The second kappa shape index (κ2) is 5.46. The van der Waals surface area contributed by atoms with Crippen molar-refractivity contribution < 1.29 is 8.42 Å². The van der Waals surface area contributed by atoms with E-state index in [4.69, 9.17) is 5.26 Å². The predicted molar refractivity (Wildman–Crippen MR) is 79.6 cm³/mol. The lowest BCUT2D eigenvalue weighted by atomic mass is 10.3. The molecule has 0 radical (unpaired) electrons. The summed E-state index contributed by atoms with van der Waals surface area (Å²) in [6.07, 6.45) is 2.85. The first kappa shape index (κ1) is 14.0. The Hall–Kier alpha value is -2.92. The van der Waals surface area contributed by atoms with Crippen molar-refractivity contribution in [3.8, 4) is 6.07 Å². The highest BCUT2D eigenvalue weighted by Gasteiger charge is 2.25. The van der Waals surface area contributed by atoms with Gasteiger partial charge < -0.3 is 0 Å². The van der Waals surface area contributed by atoms with Gasteiger partial charge in [0, 0.05) is 6.20 Å². The molecule has 110 valence electrons. The number of rotatable bonds is 4. The van der Waals surface area contributed by atoms with Gasteiger partial charge in [0.2, 0.25) is 0 Å². The number of anilines is 1. The van der Waals surface area contributed by atoms with E-state index in [1.54, 1.807) is 36.4 Å². The Balaban J connectivity index is 2.11. The van der Waals surface area contributed by atoms with Gasteiger partial charge in [-0.1, -0.05) is 18.2 Å². The van der Waals surface area contributed by atoms with Crippen LogP contribution in [-0.2, 0) is 10.0 Å². The Labute approximate surface area is 127 Å². The van der Waals surface area contributed by atoms with Gasteiger partial charge in [-0.05, 0) is 24.3 Å². The van der Waals surface area contributed by atoms with Gasteiger partial charge in [0.05, 0.1) is 11.8 Å². The van der Waals surface area contributed by atoms with Crippen LogP contribution in [0, 0.1) is 11.3 Å². The Morgan fingerprint density at radius 3 is 2.68 bits per heavy atom. The summed E-state index contributed by atoms with van der Waals surface area (Å²) in [5.74, 6) is 0. The third-order valence-electron chi connectivity index (χ3n) is 3.11. The third-order valence-corrected chi connectivity index (χ3v) is 4.87. The van der Waals surface area contributed by atoms with Crippen molar-refractivity contribution >= 4 is 21.4 Å². The maximum atomic E-state index is 12.8. The molecule has 0 spiro atoms. The molecule has 0 amide bonds. The van der Waals surface area contributed by atoms with E-state index in [0.717, 1.165) is 4.31 Å². The Morgan fingerprint density at radius 2 is 1.95 bits per heavy atom. The number of hydrogen-bond acceptors (Lipinski definition) is 5. The van der Waals surface area contributed by atoms with Crippen molar-refractivity contribution in [2.24, 2.45) is 0 Å². The van der Waals surface area contributed by atoms with Crippen LogP contribution >= 0.6 is 0 Å². The van der Waals surface area contributed by atoms with Crippen LogP contribution in [0.4, 0.5) is 5.69 Å². The molecule has 0 aliphatic rings. The van der Waals surface area contributed by atoms with Crippen LogP contribution in [0.2, 0.25) is 0 Å². The van der Waals surface area contributed by atoms with Crippen LogP contribution in [0.3, 0.4) is 0 Å². The van der Waals surface area contributed by atoms with E-state index < -0.39 is 10.0 Å². The minimum absolute atomic E-state index is 0.0684. The molecule has 0 atom stereocenters. The highest BCUT2D eigenvalue weighted by molar-refractivity contribution is 7.92. The molecule has 0 saturated heterocycles. The number of sulfonamides is 1. The van der Waals surface area contributed by atoms with Crippen molar-refractivity contribution in [3.05, 3.63) is 55.0 Å². The van der Waals surface area contributed by atoms with E-state index in [9.17, 15) is 8.42 Å². The largest absolute Gasteiger partial charge is 0.288 e. The molecule has 0 aliphatic heterocycles. The Kier molecular flexibility index (Phi) is 3.48. The summed E-state index contributed by atoms with van der Waals surface area (Å²) in [7, 11) is -3.85. The van der Waals surface area contributed by atoms with Gasteiger partial charge in [0.25, 0.3) is 10.0 Å². The predicted octanol–water partition coefficient (Wildman–Crippen LogP) is 1.45. The summed E-state index contributed by atoms with van der Waals surface area (Å²) in [5, 5.41) is 16.5. The van der Waals surface area contributed by atoms with E-state index in [-0.39, 0.29) is 11.4 Å². The lowest BCUT2D eigenvalue weighted by molar-refractivity contribution is 0.592. The van der Waals surface area contributed by atoms with E-state index in [2.05, 4.69) is 10.2 Å². The highest BCUT2D eigenvalue weighted by atomic mass is 32.2. The topological polar surface area (TPSA) is 91.4 Å². The molecular weight excluding hydrogens is 302 g/mol. The molecule has 0 N–H and O–H groups in total. The average Bonchev–Trinajstić information content (AvgIpc) is 3.00. The minimum Gasteiger partial charge on any atom is -0.288 e. The first-order valence-electron chi connectivity index (χ1n) is 6.37. The Bertz CT molecular complexity index is 944. The van der Waals surface area contributed by atoms with Gasteiger partial charge in [-0.2, -0.15) is 5.26 Å². The van der Waals surface area contributed by atoms with Crippen LogP contribution in [0.5, 0.6) is 0 Å². The number of aromatic nitrogens is 3. The van der Waals surface area contributed by atoms with Crippen molar-refractivity contribution in [1.82, 2.24) is 14.6 Å². The van der Waals surface area contributed by atoms with Crippen molar-refractivity contribution in [2.75, 3.05) is 10.8 Å². The second-order valence-corrected chi connectivity index (χ2v) is 6.33. The molecule has 0 aliphatic carbocycles. The standard InChI is InChI=1S/C14H11N5O2S/c15-8-9-19(12-4-2-1-3-5-12)22(20,21)13-6-7-14-17-16-11-18(14)10-13/h1-7,10-11H,9H2. The van der Waals surface area contributed by atoms with E-state index in [0.29, 0.717) is 11.3 Å². The van der Waals surface area contributed by atoms with Gasteiger partial charge in [-0.25, -0.2) is 8.42 Å². The summed E-state index contributed by atoms with van der Waals surface area (Å²) in [6, 6.07) is 13.4. The fraction of sp³-hybridized carbons (Fsp3) is 0.0714. The maximum Gasteiger partial charge on any atom is 0.266 e. The summed E-state index contributed by atoms with van der Waals surface area (Å²) in [6.45, 7) is -0.271. The molecule has 0 unspecified atom stereocenters. The fourth-order valence-electron chi connectivity index (χ4n) is 2.06. The smallest absolute Gasteiger partial charge is 0.266 e. The molecule has 2 heterocycles. The van der Waals surface area contributed by atoms with E-state index in [1.165, 1.54) is 23.0 Å². The first-order chi connectivity index (χ1) is 10.6. The summed E-state index contributed by atoms with van der Waals surface area (Å²) in [4.78, 5) is 0.0684. The molecule has 0 fully saturated rings. The zero-order valence-electron chi connectivity index (χ0n) is 11.4. The number of pyridine rings is 1. The van der Waals surface area contributed by atoms with Gasteiger partial charge in [0.1, 0.15) is 17.8 Å². The van der Waals surface area contributed by atoms with Crippen molar-refractivity contribution in [2.45, 2.75) is 4.90 Å². The van der Waals surface area contributed by atoms with Gasteiger partial charge in [0.15, 0.2) is 5.65 Å². The van der Waals surface area contributed by atoms with Crippen LogP contribution in [0.15, 0.2) is 59.9 Å². The second-order valence-electron chi connectivity index (χ2n) is 4.47. The fourth-order valence-corrected chi connectivity index (χ4v) is 3.43. The summed E-state index contributed by atoms with van der Waals surface area (Å²) in [5.41, 5.74) is 0.985. The lowest BCUT2D eigenvalue weighted by Gasteiger charge is -2.21. The van der Waals surface area contributed by atoms with Crippen molar-refractivity contribution in [3.63, 3.8) is 0 Å². The molecule has 7 nitrogen and oxygen atoms in total. The number of hydrogen-bond donors (Lipinski definition) is 0. The SMILES string of the molecule is N#CCN(c1ccccc1)S(=O)(=O)c1ccc2nncn2c1. The Morgan fingerprint density at radius 1 is 1.18 bits per heavy atom. The molecular formula is C14H11N5O2S. The van der Waals surface area contributed by atoms with Gasteiger partial charge >= 0.3 is 0 Å². The molecule has 0 bridgehead atoms. The number of nitrogens with zero attached hydrogens (tertiary/aromatic N) is 5. The van der Waals surface area contributed by atoms with E-state index in [1.807, 2.05) is 6.07 Å². The monoisotopic (exact) mass is 313 g/mol. The lowest BCUT2D eigenvalue weighted by Crippen LogP contribution is -2.31. The number of fused-ring (bicyclic) bond motifs is 1. The molecule has 22 heavy (non-hydrogen) atoms. The molecule has 3 rings (SSSR count). The third kappa shape index (κ3) is 2.38. The van der Waals surface area contributed by atoms with E-state index >= 15 is 0 Å². The average molecular weight is 313 g/mol. The molecule has 1 aromatic carbocycles. The normalized spacial score (nSPS) is 11.2.